The first-order chi connectivity index (χ1) is 12.6. The van der Waals surface area contributed by atoms with Gasteiger partial charge in [0.05, 0.1) is 11.9 Å². The van der Waals surface area contributed by atoms with E-state index in [0.717, 1.165) is 11.3 Å². The second kappa shape index (κ2) is 6.68. The zero-order valence-electron chi connectivity index (χ0n) is 13.6. The summed E-state index contributed by atoms with van der Waals surface area (Å²) in [6.07, 6.45) is 3.91. The first-order valence-electron chi connectivity index (χ1n) is 8.09. The van der Waals surface area contributed by atoms with Gasteiger partial charge in [0.25, 0.3) is 0 Å². The van der Waals surface area contributed by atoms with Gasteiger partial charge < -0.3 is 10.4 Å². The molecule has 26 heavy (non-hydrogen) atoms. The largest absolute Gasteiger partial charge is 0.477 e. The molecule has 0 aliphatic heterocycles. The standard InChI is InChI=1S/C17H15N5O3S/c23-16(24)13-5-10(8-26-13)12-7-18-11-3-4-14(21-15(11)20-12)22-17(25)19-6-9-1-2-9/h3-5,7-9H,1-2,6H2,(H,23,24)(H2,19,20,21,22,25). The van der Waals surface area contributed by atoms with Crippen LogP contribution in [0.4, 0.5) is 10.6 Å². The van der Waals surface area contributed by atoms with Crippen LogP contribution in [0.3, 0.4) is 0 Å². The minimum Gasteiger partial charge on any atom is -0.477 e. The van der Waals surface area contributed by atoms with Crippen LogP contribution in [0, 0.1) is 5.92 Å². The highest BCUT2D eigenvalue weighted by atomic mass is 32.1. The lowest BCUT2D eigenvalue weighted by atomic mass is 10.2. The maximum absolute atomic E-state index is 11.9. The fourth-order valence-corrected chi connectivity index (χ4v) is 3.15. The summed E-state index contributed by atoms with van der Waals surface area (Å²) < 4.78 is 0. The van der Waals surface area contributed by atoms with E-state index >= 15 is 0 Å². The Morgan fingerprint density at radius 2 is 2.12 bits per heavy atom. The third kappa shape index (κ3) is 3.62. The molecule has 9 heteroatoms. The van der Waals surface area contributed by atoms with E-state index in [0.29, 0.717) is 40.7 Å². The molecule has 1 aliphatic carbocycles. The molecule has 1 aliphatic rings. The third-order valence-corrected chi connectivity index (χ3v) is 4.92. The molecule has 0 atom stereocenters. The van der Waals surface area contributed by atoms with Crippen molar-refractivity contribution in [1.29, 1.82) is 0 Å². The van der Waals surface area contributed by atoms with Gasteiger partial charge in [-0.05, 0) is 37.0 Å². The Labute approximate surface area is 152 Å². The number of hydrogen-bond acceptors (Lipinski definition) is 6. The summed E-state index contributed by atoms with van der Waals surface area (Å²) in [5.74, 6) is 0.00523. The van der Waals surface area contributed by atoms with Crippen LogP contribution in [0.25, 0.3) is 22.4 Å². The Bertz CT molecular complexity index is 999. The number of amides is 2. The van der Waals surface area contributed by atoms with Gasteiger partial charge in [0.2, 0.25) is 0 Å². The number of carboxylic acids is 1. The fraction of sp³-hybridized carbons (Fsp3) is 0.235. The van der Waals surface area contributed by atoms with Gasteiger partial charge in [-0.1, -0.05) is 0 Å². The Hall–Kier alpha value is -3.07. The van der Waals surface area contributed by atoms with E-state index in [1.807, 2.05) is 0 Å². The molecule has 0 saturated heterocycles. The lowest BCUT2D eigenvalue weighted by Gasteiger charge is -2.07. The number of pyridine rings is 1. The average Bonchev–Trinajstić information content (AvgIpc) is 3.32. The number of rotatable bonds is 5. The number of carbonyl (C=O) groups is 2. The number of hydrogen-bond donors (Lipinski definition) is 3. The highest BCUT2D eigenvalue weighted by Gasteiger charge is 2.21. The molecule has 1 saturated carbocycles. The zero-order chi connectivity index (χ0) is 18.1. The number of fused-ring (bicyclic) bond motifs is 1. The molecule has 3 heterocycles. The molecule has 0 radical (unpaired) electrons. The minimum atomic E-state index is -0.975. The number of aromatic nitrogens is 3. The Balaban J connectivity index is 1.55. The smallest absolute Gasteiger partial charge is 0.345 e. The highest BCUT2D eigenvalue weighted by molar-refractivity contribution is 7.12. The Morgan fingerprint density at radius 1 is 1.27 bits per heavy atom. The van der Waals surface area contributed by atoms with Crippen LogP contribution in [0.5, 0.6) is 0 Å². The monoisotopic (exact) mass is 369 g/mol. The lowest BCUT2D eigenvalue weighted by molar-refractivity contribution is 0.0702. The van der Waals surface area contributed by atoms with Crippen LogP contribution in [0.2, 0.25) is 0 Å². The SMILES string of the molecule is O=C(NCC1CC1)Nc1ccc2ncc(-c3csc(C(=O)O)c3)nc2n1. The van der Waals surface area contributed by atoms with Crippen LogP contribution in [0.15, 0.2) is 29.8 Å². The normalized spacial score (nSPS) is 13.5. The first-order valence-corrected chi connectivity index (χ1v) is 8.97. The quantitative estimate of drug-likeness (QED) is 0.636. The van der Waals surface area contributed by atoms with Gasteiger partial charge in [0.15, 0.2) is 5.65 Å². The molecule has 0 spiro atoms. The van der Waals surface area contributed by atoms with E-state index in [1.165, 1.54) is 12.8 Å². The van der Waals surface area contributed by atoms with Crippen LogP contribution in [-0.2, 0) is 0 Å². The maximum Gasteiger partial charge on any atom is 0.345 e. The number of carbonyl (C=O) groups excluding carboxylic acids is 1. The average molecular weight is 369 g/mol. The third-order valence-electron chi connectivity index (χ3n) is 4.00. The van der Waals surface area contributed by atoms with Crippen molar-refractivity contribution in [2.24, 2.45) is 5.92 Å². The van der Waals surface area contributed by atoms with Gasteiger partial charge in [-0.3, -0.25) is 10.3 Å². The predicted molar refractivity (Wildman–Crippen MR) is 97.4 cm³/mol. The van der Waals surface area contributed by atoms with Crippen LogP contribution >= 0.6 is 11.3 Å². The van der Waals surface area contributed by atoms with E-state index in [9.17, 15) is 9.59 Å². The van der Waals surface area contributed by atoms with Crippen molar-refractivity contribution in [3.05, 3.63) is 34.7 Å². The second-order valence-corrected chi connectivity index (χ2v) is 6.99. The molecule has 1 fully saturated rings. The van der Waals surface area contributed by atoms with E-state index < -0.39 is 5.97 Å². The molecular weight excluding hydrogens is 354 g/mol. The summed E-state index contributed by atoms with van der Waals surface area (Å²) in [4.78, 5) is 36.2. The number of nitrogens with zero attached hydrogens (tertiary/aromatic N) is 3. The van der Waals surface area contributed by atoms with E-state index in [2.05, 4.69) is 25.6 Å². The summed E-state index contributed by atoms with van der Waals surface area (Å²) in [5, 5.41) is 16.3. The minimum absolute atomic E-state index is 0.234. The van der Waals surface area contributed by atoms with E-state index in [4.69, 9.17) is 5.11 Å². The van der Waals surface area contributed by atoms with Crippen molar-refractivity contribution in [2.75, 3.05) is 11.9 Å². The van der Waals surface area contributed by atoms with E-state index in [-0.39, 0.29) is 10.9 Å². The summed E-state index contributed by atoms with van der Waals surface area (Å²) in [6, 6.07) is 4.65. The molecule has 0 bridgehead atoms. The van der Waals surface area contributed by atoms with Gasteiger partial charge in [0, 0.05) is 17.5 Å². The molecule has 132 valence electrons. The molecule has 4 rings (SSSR count). The van der Waals surface area contributed by atoms with Crippen molar-refractivity contribution in [3.8, 4) is 11.3 Å². The molecular formula is C17H15N5O3S. The van der Waals surface area contributed by atoms with Gasteiger partial charge in [0.1, 0.15) is 16.2 Å². The van der Waals surface area contributed by atoms with Crippen molar-refractivity contribution in [1.82, 2.24) is 20.3 Å². The van der Waals surface area contributed by atoms with Gasteiger partial charge in [-0.25, -0.2) is 19.6 Å². The van der Waals surface area contributed by atoms with Gasteiger partial charge in [-0.2, -0.15) is 0 Å². The highest BCUT2D eigenvalue weighted by Crippen LogP contribution is 2.27. The summed E-state index contributed by atoms with van der Waals surface area (Å²) in [6.45, 7) is 0.674. The Kier molecular flexibility index (Phi) is 4.21. The van der Waals surface area contributed by atoms with Crippen LogP contribution in [-0.4, -0.2) is 38.6 Å². The summed E-state index contributed by atoms with van der Waals surface area (Å²) in [7, 11) is 0. The first kappa shape index (κ1) is 16.4. The van der Waals surface area contributed by atoms with Gasteiger partial charge >= 0.3 is 12.0 Å². The van der Waals surface area contributed by atoms with Crippen LogP contribution < -0.4 is 10.6 Å². The number of urea groups is 1. The van der Waals surface area contributed by atoms with Crippen LogP contribution in [0.1, 0.15) is 22.5 Å². The van der Waals surface area contributed by atoms with Crippen molar-refractivity contribution in [3.63, 3.8) is 0 Å². The number of carboxylic acid groups (broad SMARTS) is 1. The van der Waals surface area contributed by atoms with Crippen molar-refractivity contribution >= 4 is 40.3 Å². The predicted octanol–water partition coefficient (Wildman–Crippen LogP) is 2.98. The lowest BCUT2D eigenvalue weighted by Crippen LogP contribution is -2.30. The molecule has 3 N–H and O–H groups in total. The van der Waals surface area contributed by atoms with Gasteiger partial charge in [-0.15, -0.1) is 11.3 Å². The number of thiophene rings is 1. The molecule has 0 aromatic carbocycles. The maximum atomic E-state index is 11.9. The van der Waals surface area contributed by atoms with E-state index in [1.54, 1.807) is 29.8 Å². The molecule has 3 aromatic rings. The van der Waals surface area contributed by atoms with Crippen molar-refractivity contribution in [2.45, 2.75) is 12.8 Å². The number of anilines is 1. The zero-order valence-corrected chi connectivity index (χ0v) is 14.4. The van der Waals surface area contributed by atoms with Crippen molar-refractivity contribution < 1.29 is 14.7 Å². The molecule has 8 nitrogen and oxygen atoms in total. The topological polar surface area (TPSA) is 117 Å². The second-order valence-electron chi connectivity index (χ2n) is 6.08. The number of aromatic carboxylic acids is 1. The summed E-state index contributed by atoms with van der Waals surface area (Å²) in [5.41, 5.74) is 2.17. The Morgan fingerprint density at radius 3 is 2.85 bits per heavy atom. The number of nitrogens with one attached hydrogen (secondary N) is 2. The molecule has 2 amide bonds. The fourth-order valence-electron chi connectivity index (χ4n) is 2.41. The molecule has 0 unspecified atom stereocenters. The summed E-state index contributed by atoms with van der Waals surface area (Å²) >= 11 is 1.13. The molecule has 3 aromatic heterocycles.